The first-order chi connectivity index (χ1) is 12.6. The second-order valence-corrected chi connectivity index (χ2v) is 6.06. The molecule has 0 aliphatic carbocycles. The number of methoxy groups -OCH3 is 2. The first-order valence-electron chi connectivity index (χ1n) is 8.52. The molecule has 1 aliphatic rings. The molecule has 2 amide bonds. The van der Waals surface area contributed by atoms with Crippen molar-refractivity contribution in [2.45, 2.75) is 12.8 Å². The molecule has 0 aromatic heterocycles. The number of hydrogen-bond donors (Lipinski definition) is 1. The average molecular weight is 354 g/mol. The van der Waals surface area contributed by atoms with E-state index in [9.17, 15) is 9.59 Å². The molecular formula is C20H22N2O4. The number of ether oxygens (including phenoxy) is 2. The molecule has 1 N–H and O–H groups in total. The first-order valence-corrected chi connectivity index (χ1v) is 8.52. The number of fused-ring (bicyclic) bond motifs is 1. The minimum absolute atomic E-state index is 0.0628. The Hall–Kier alpha value is -3.02. The Morgan fingerprint density at radius 1 is 1.08 bits per heavy atom. The highest BCUT2D eigenvalue weighted by Gasteiger charge is 2.22. The van der Waals surface area contributed by atoms with Gasteiger partial charge in [-0.25, -0.2) is 0 Å². The summed E-state index contributed by atoms with van der Waals surface area (Å²) in [6.45, 7) is 0.603. The van der Waals surface area contributed by atoms with E-state index in [1.807, 2.05) is 24.3 Å². The van der Waals surface area contributed by atoms with Gasteiger partial charge in [-0.15, -0.1) is 0 Å². The van der Waals surface area contributed by atoms with E-state index in [-0.39, 0.29) is 18.4 Å². The zero-order valence-electron chi connectivity index (χ0n) is 15.0. The van der Waals surface area contributed by atoms with E-state index in [1.165, 1.54) is 14.2 Å². The van der Waals surface area contributed by atoms with E-state index >= 15 is 0 Å². The van der Waals surface area contributed by atoms with Crippen molar-refractivity contribution in [3.05, 3.63) is 53.6 Å². The lowest BCUT2D eigenvalue weighted by Gasteiger charge is -2.29. The number of aryl methyl sites for hydroxylation is 1. The number of hydrogen-bond acceptors (Lipinski definition) is 4. The van der Waals surface area contributed by atoms with Crippen molar-refractivity contribution in [1.29, 1.82) is 0 Å². The molecule has 2 aromatic rings. The predicted molar refractivity (Wildman–Crippen MR) is 99.0 cm³/mol. The van der Waals surface area contributed by atoms with Gasteiger partial charge in [0, 0.05) is 23.9 Å². The zero-order chi connectivity index (χ0) is 18.5. The molecule has 136 valence electrons. The van der Waals surface area contributed by atoms with Gasteiger partial charge >= 0.3 is 0 Å². The fraction of sp³-hybridized carbons (Fsp3) is 0.300. The maximum absolute atomic E-state index is 12.6. The van der Waals surface area contributed by atoms with Crippen molar-refractivity contribution < 1.29 is 19.1 Å². The third-order valence-electron chi connectivity index (χ3n) is 4.43. The summed E-state index contributed by atoms with van der Waals surface area (Å²) in [6, 6.07) is 12.8. The minimum atomic E-state index is -0.346. The largest absolute Gasteiger partial charge is 0.497 e. The van der Waals surface area contributed by atoms with Gasteiger partial charge in [-0.3, -0.25) is 9.59 Å². The Morgan fingerprint density at radius 2 is 1.77 bits per heavy atom. The summed E-state index contributed by atoms with van der Waals surface area (Å²) in [6.07, 6.45) is 1.89. The lowest BCUT2D eigenvalue weighted by atomic mass is 10.0. The van der Waals surface area contributed by atoms with Crippen LogP contribution in [0.3, 0.4) is 0 Å². The molecule has 0 spiro atoms. The molecule has 6 nitrogen and oxygen atoms in total. The van der Waals surface area contributed by atoms with Gasteiger partial charge in [0.15, 0.2) is 0 Å². The van der Waals surface area contributed by atoms with Gasteiger partial charge in [-0.05, 0) is 36.6 Å². The molecule has 0 fully saturated rings. The SMILES string of the molecule is COc1cc(OC)cc(C(=O)NCC(=O)N2CCCc3ccccc32)c1. The molecular weight excluding hydrogens is 332 g/mol. The number of para-hydroxylation sites is 1. The van der Waals surface area contributed by atoms with Crippen LogP contribution in [0.5, 0.6) is 11.5 Å². The van der Waals surface area contributed by atoms with Crippen molar-refractivity contribution in [2.75, 3.05) is 32.2 Å². The van der Waals surface area contributed by atoms with Gasteiger partial charge in [0.25, 0.3) is 5.91 Å². The van der Waals surface area contributed by atoms with Gasteiger partial charge in [-0.1, -0.05) is 18.2 Å². The highest BCUT2D eigenvalue weighted by molar-refractivity contribution is 6.01. The maximum Gasteiger partial charge on any atom is 0.251 e. The van der Waals surface area contributed by atoms with Crippen LogP contribution in [0.25, 0.3) is 0 Å². The number of nitrogens with zero attached hydrogens (tertiary/aromatic N) is 1. The summed E-state index contributed by atoms with van der Waals surface area (Å²) in [7, 11) is 3.04. The standard InChI is InChI=1S/C20H22N2O4/c1-25-16-10-15(11-17(12-16)26-2)20(24)21-13-19(23)22-9-5-7-14-6-3-4-8-18(14)22/h3-4,6,8,10-12H,5,7,9,13H2,1-2H3,(H,21,24). The van der Waals surface area contributed by atoms with Gasteiger partial charge in [-0.2, -0.15) is 0 Å². The Morgan fingerprint density at radius 3 is 2.46 bits per heavy atom. The van der Waals surface area contributed by atoms with Crippen molar-refractivity contribution in [2.24, 2.45) is 0 Å². The summed E-state index contributed by atoms with van der Waals surface area (Å²) < 4.78 is 10.3. The van der Waals surface area contributed by atoms with E-state index in [4.69, 9.17) is 9.47 Å². The van der Waals surface area contributed by atoms with Gasteiger partial charge in [0.2, 0.25) is 5.91 Å². The highest BCUT2D eigenvalue weighted by atomic mass is 16.5. The van der Waals surface area contributed by atoms with Crippen LogP contribution in [0.15, 0.2) is 42.5 Å². The molecule has 2 aromatic carbocycles. The zero-order valence-corrected chi connectivity index (χ0v) is 15.0. The molecule has 0 saturated carbocycles. The molecule has 1 aliphatic heterocycles. The Labute approximate surface area is 152 Å². The third kappa shape index (κ3) is 3.79. The van der Waals surface area contributed by atoms with Crippen molar-refractivity contribution >= 4 is 17.5 Å². The molecule has 3 rings (SSSR count). The summed E-state index contributed by atoms with van der Waals surface area (Å²) in [5.74, 6) is 0.567. The smallest absolute Gasteiger partial charge is 0.251 e. The fourth-order valence-corrected chi connectivity index (χ4v) is 3.08. The van der Waals surface area contributed by atoms with Crippen LogP contribution in [0.4, 0.5) is 5.69 Å². The number of carbonyl (C=O) groups excluding carboxylic acids is 2. The van der Waals surface area contributed by atoms with Crippen LogP contribution < -0.4 is 19.7 Å². The summed E-state index contributed by atoms with van der Waals surface area (Å²) in [4.78, 5) is 26.8. The number of anilines is 1. The fourth-order valence-electron chi connectivity index (χ4n) is 3.08. The molecule has 6 heteroatoms. The predicted octanol–water partition coefficient (Wildman–Crippen LogP) is 2.41. The molecule has 1 heterocycles. The Kier molecular flexibility index (Phi) is 5.41. The molecule has 0 bridgehead atoms. The lowest BCUT2D eigenvalue weighted by Crippen LogP contribution is -2.42. The van der Waals surface area contributed by atoms with Crippen molar-refractivity contribution in [3.63, 3.8) is 0 Å². The summed E-state index contributed by atoms with van der Waals surface area (Å²) >= 11 is 0. The number of carbonyl (C=O) groups is 2. The van der Waals surface area contributed by atoms with Crippen molar-refractivity contribution in [3.8, 4) is 11.5 Å². The Bertz CT molecular complexity index is 797. The molecule has 0 radical (unpaired) electrons. The van der Waals surface area contributed by atoms with Crippen LogP contribution in [0.1, 0.15) is 22.3 Å². The van der Waals surface area contributed by atoms with Crippen molar-refractivity contribution in [1.82, 2.24) is 5.32 Å². The van der Waals surface area contributed by atoms with E-state index in [1.54, 1.807) is 23.1 Å². The highest BCUT2D eigenvalue weighted by Crippen LogP contribution is 2.26. The average Bonchev–Trinajstić information content (AvgIpc) is 2.70. The molecule has 26 heavy (non-hydrogen) atoms. The van der Waals surface area contributed by atoms with E-state index in [2.05, 4.69) is 5.32 Å². The van der Waals surface area contributed by atoms with E-state index in [0.717, 1.165) is 24.1 Å². The third-order valence-corrected chi connectivity index (χ3v) is 4.43. The van der Waals surface area contributed by atoms with Crippen LogP contribution in [0.2, 0.25) is 0 Å². The number of nitrogens with one attached hydrogen (secondary N) is 1. The Balaban J connectivity index is 1.68. The van der Waals surface area contributed by atoms with E-state index in [0.29, 0.717) is 23.6 Å². The van der Waals surface area contributed by atoms with Gasteiger partial charge in [0.05, 0.1) is 20.8 Å². The second-order valence-electron chi connectivity index (χ2n) is 6.06. The summed E-state index contributed by atoms with van der Waals surface area (Å²) in [5, 5.41) is 2.69. The number of rotatable bonds is 5. The van der Waals surface area contributed by atoms with Gasteiger partial charge in [0.1, 0.15) is 11.5 Å². The number of amides is 2. The van der Waals surface area contributed by atoms with Crippen LogP contribution in [-0.4, -0.2) is 39.1 Å². The van der Waals surface area contributed by atoms with E-state index < -0.39 is 0 Å². The maximum atomic E-state index is 12.6. The lowest BCUT2D eigenvalue weighted by molar-refractivity contribution is -0.117. The quantitative estimate of drug-likeness (QED) is 0.895. The van der Waals surface area contributed by atoms with Crippen LogP contribution >= 0.6 is 0 Å². The summed E-state index contributed by atoms with van der Waals surface area (Å²) in [5.41, 5.74) is 2.48. The van der Waals surface area contributed by atoms with Crippen LogP contribution in [0, 0.1) is 0 Å². The minimum Gasteiger partial charge on any atom is -0.497 e. The monoisotopic (exact) mass is 354 g/mol. The molecule has 0 atom stereocenters. The molecule has 0 unspecified atom stereocenters. The second kappa shape index (κ2) is 7.91. The first kappa shape index (κ1) is 17.8. The van der Waals surface area contributed by atoms with Crippen LogP contribution in [-0.2, 0) is 11.2 Å². The topological polar surface area (TPSA) is 67.9 Å². The molecule has 0 saturated heterocycles. The van der Waals surface area contributed by atoms with Gasteiger partial charge < -0.3 is 19.7 Å². The normalized spacial score (nSPS) is 12.9. The number of benzene rings is 2.